The Labute approximate surface area is 122 Å². The monoisotopic (exact) mass is 280 g/mol. The van der Waals surface area contributed by atoms with Gasteiger partial charge in [0.25, 0.3) is 0 Å². The lowest BCUT2D eigenvalue weighted by atomic mass is 9.95. The summed E-state index contributed by atoms with van der Waals surface area (Å²) in [7, 11) is 6.00. The lowest BCUT2D eigenvalue weighted by molar-refractivity contribution is 0.269. The van der Waals surface area contributed by atoms with Gasteiger partial charge in [0.15, 0.2) is 0 Å². The molecule has 1 rings (SSSR count). The topological polar surface area (TPSA) is 50.3 Å². The third kappa shape index (κ3) is 4.63. The van der Waals surface area contributed by atoms with E-state index in [2.05, 4.69) is 55.1 Å². The zero-order valence-corrected chi connectivity index (χ0v) is 13.9. The van der Waals surface area contributed by atoms with Crippen LogP contribution in [0.15, 0.2) is 0 Å². The molecule has 1 aromatic heterocycles. The van der Waals surface area contributed by atoms with Gasteiger partial charge in [-0.2, -0.15) is 4.98 Å². The molecule has 5 heteroatoms. The molecule has 5 nitrogen and oxygen atoms in total. The van der Waals surface area contributed by atoms with E-state index in [1.807, 2.05) is 14.0 Å². The maximum absolute atomic E-state index is 5.85. The number of nitrogens with zero attached hydrogens (tertiary/aromatic N) is 3. The highest BCUT2D eigenvalue weighted by Gasteiger charge is 2.21. The van der Waals surface area contributed by atoms with Crippen molar-refractivity contribution < 1.29 is 4.74 Å². The van der Waals surface area contributed by atoms with Crippen LogP contribution in [-0.4, -0.2) is 49.2 Å². The molecule has 0 aromatic carbocycles. The molecule has 0 aliphatic carbocycles. The van der Waals surface area contributed by atoms with Crippen molar-refractivity contribution in [3.05, 3.63) is 11.4 Å². The van der Waals surface area contributed by atoms with Gasteiger partial charge in [0.2, 0.25) is 5.88 Å². The zero-order valence-electron chi connectivity index (χ0n) is 13.9. The molecule has 0 amide bonds. The SMILES string of the molecule is CNc1nc(C(C)(C)C)nc(OCCCN(C)C)c1C. The van der Waals surface area contributed by atoms with E-state index < -0.39 is 0 Å². The van der Waals surface area contributed by atoms with Crippen LogP contribution in [0.5, 0.6) is 5.88 Å². The van der Waals surface area contributed by atoms with Crippen molar-refractivity contribution in [2.45, 2.75) is 39.5 Å². The average Bonchev–Trinajstić information content (AvgIpc) is 2.34. The van der Waals surface area contributed by atoms with Crippen LogP contribution in [0.4, 0.5) is 5.82 Å². The van der Waals surface area contributed by atoms with Crippen LogP contribution < -0.4 is 10.1 Å². The number of aromatic nitrogens is 2. The molecule has 0 fully saturated rings. The van der Waals surface area contributed by atoms with Gasteiger partial charge in [-0.25, -0.2) is 4.98 Å². The highest BCUT2D eigenvalue weighted by molar-refractivity contribution is 5.48. The van der Waals surface area contributed by atoms with Crippen LogP contribution in [-0.2, 0) is 5.41 Å². The number of rotatable bonds is 6. The first-order chi connectivity index (χ1) is 9.25. The lowest BCUT2D eigenvalue weighted by Gasteiger charge is -2.20. The number of ether oxygens (including phenoxy) is 1. The van der Waals surface area contributed by atoms with Gasteiger partial charge in [-0.05, 0) is 27.4 Å². The molecule has 0 atom stereocenters. The van der Waals surface area contributed by atoms with E-state index >= 15 is 0 Å². The van der Waals surface area contributed by atoms with Crippen molar-refractivity contribution in [3.63, 3.8) is 0 Å². The van der Waals surface area contributed by atoms with E-state index in [1.54, 1.807) is 0 Å². The van der Waals surface area contributed by atoms with Crippen LogP contribution >= 0.6 is 0 Å². The molecule has 0 saturated heterocycles. The minimum atomic E-state index is -0.0962. The van der Waals surface area contributed by atoms with Gasteiger partial charge in [-0.15, -0.1) is 0 Å². The first-order valence-corrected chi connectivity index (χ1v) is 7.10. The van der Waals surface area contributed by atoms with Crippen LogP contribution in [0.1, 0.15) is 38.6 Å². The van der Waals surface area contributed by atoms with E-state index in [4.69, 9.17) is 4.74 Å². The Kier molecular flexibility index (Phi) is 5.74. The molecule has 1 aromatic rings. The predicted octanol–water partition coefficient (Wildman–Crippen LogP) is 2.45. The smallest absolute Gasteiger partial charge is 0.221 e. The van der Waals surface area contributed by atoms with E-state index in [9.17, 15) is 0 Å². The van der Waals surface area contributed by atoms with Crippen LogP contribution in [0.2, 0.25) is 0 Å². The molecule has 0 aliphatic rings. The van der Waals surface area contributed by atoms with Gasteiger partial charge < -0.3 is 15.0 Å². The molecule has 0 aliphatic heterocycles. The third-order valence-corrected chi connectivity index (χ3v) is 3.00. The molecule has 20 heavy (non-hydrogen) atoms. The van der Waals surface area contributed by atoms with E-state index in [0.29, 0.717) is 12.5 Å². The molecule has 0 saturated carbocycles. The summed E-state index contributed by atoms with van der Waals surface area (Å²) in [6.07, 6.45) is 0.982. The Bertz CT molecular complexity index is 438. The van der Waals surface area contributed by atoms with Gasteiger partial charge in [-0.3, -0.25) is 0 Å². The second-order valence-corrected chi connectivity index (χ2v) is 6.33. The van der Waals surface area contributed by atoms with Crippen molar-refractivity contribution in [3.8, 4) is 5.88 Å². The molecular formula is C15H28N4O. The minimum absolute atomic E-state index is 0.0962. The molecular weight excluding hydrogens is 252 g/mol. The zero-order chi connectivity index (χ0) is 15.3. The van der Waals surface area contributed by atoms with E-state index in [1.165, 1.54) is 0 Å². The van der Waals surface area contributed by atoms with Gasteiger partial charge >= 0.3 is 0 Å². The molecule has 0 radical (unpaired) electrons. The maximum atomic E-state index is 5.85. The van der Waals surface area contributed by atoms with Crippen molar-refractivity contribution in [2.75, 3.05) is 39.6 Å². The Balaban J connectivity index is 2.88. The third-order valence-electron chi connectivity index (χ3n) is 3.00. The number of hydrogen-bond acceptors (Lipinski definition) is 5. The van der Waals surface area contributed by atoms with Crippen molar-refractivity contribution in [1.82, 2.24) is 14.9 Å². The second-order valence-electron chi connectivity index (χ2n) is 6.33. The Morgan fingerprint density at radius 2 is 1.85 bits per heavy atom. The summed E-state index contributed by atoms with van der Waals surface area (Å²) in [6.45, 7) is 9.98. The summed E-state index contributed by atoms with van der Waals surface area (Å²) in [5.41, 5.74) is 0.867. The fourth-order valence-corrected chi connectivity index (χ4v) is 1.77. The van der Waals surface area contributed by atoms with Crippen molar-refractivity contribution in [2.24, 2.45) is 0 Å². The van der Waals surface area contributed by atoms with Gasteiger partial charge in [0.1, 0.15) is 11.6 Å². The van der Waals surface area contributed by atoms with Crippen LogP contribution in [0.25, 0.3) is 0 Å². The Morgan fingerprint density at radius 1 is 1.20 bits per heavy atom. The number of nitrogens with one attached hydrogen (secondary N) is 1. The molecule has 114 valence electrons. The summed E-state index contributed by atoms with van der Waals surface area (Å²) < 4.78 is 5.85. The minimum Gasteiger partial charge on any atom is -0.477 e. The second kappa shape index (κ2) is 6.88. The van der Waals surface area contributed by atoms with Crippen molar-refractivity contribution in [1.29, 1.82) is 0 Å². The molecule has 1 N–H and O–H groups in total. The first-order valence-electron chi connectivity index (χ1n) is 7.10. The largest absolute Gasteiger partial charge is 0.477 e. The van der Waals surface area contributed by atoms with Gasteiger partial charge in [0, 0.05) is 19.0 Å². The average molecular weight is 280 g/mol. The molecule has 0 unspecified atom stereocenters. The fraction of sp³-hybridized carbons (Fsp3) is 0.733. The summed E-state index contributed by atoms with van der Waals surface area (Å²) in [6, 6.07) is 0. The van der Waals surface area contributed by atoms with E-state index in [-0.39, 0.29) is 5.41 Å². The van der Waals surface area contributed by atoms with Crippen LogP contribution in [0.3, 0.4) is 0 Å². The molecule has 0 spiro atoms. The highest BCUT2D eigenvalue weighted by Crippen LogP contribution is 2.27. The standard InChI is InChI=1S/C15H28N4O/c1-11-12(16-5)17-14(15(2,3)4)18-13(11)20-10-8-9-19(6)7/h8-10H2,1-7H3,(H,16,17,18). The highest BCUT2D eigenvalue weighted by atomic mass is 16.5. The van der Waals surface area contributed by atoms with E-state index in [0.717, 1.165) is 30.2 Å². The lowest BCUT2D eigenvalue weighted by Crippen LogP contribution is -2.19. The quantitative estimate of drug-likeness (QED) is 0.811. The fourth-order valence-electron chi connectivity index (χ4n) is 1.77. The van der Waals surface area contributed by atoms with Crippen LogP contribution in [0, 0.1) is 6.92 Å². The number of hydrogen-bond donors (Lipinski definition) is 1. The maximum Gasteiger partial charge on any atom is 0.221 e. The Morgan fingerprint density at radius 3 is 2.35 bits per heavy atom. The number of anilines is 1. The normalized spacial score (nSPS) is 11.8. The summed E-state index contributed by atoms with van der Waals surface area (Å²) >= 11 is 0. The summed E-state index contributed by atoms with van der Waals surface area (Å²) in [5.74, 6) is 2.33. The summed E-state index contributed by atoms with van der Waals surface area (Å²) in [4.78, 5) is 11.3. The van der Waals surface area contributed by atoms with Crippen molar-refractivity contribution >= 4 is 5.82 Å². The molecule has 0 bridgehead atoms. The molecule has 1 heterocycles. The van der Waals surface area contributed by atoms with Gasteiger partial charge in [-0.1, -0.05) is 20.8 Å². The summed E-state index contributed by atoms with van der Waals surface area (Å²) in [5, 5.41) is 3.12. The predicted molar refractivity (Wildman–Crippen MR) is 83.7 cm³/mol. The Hall–Kier alpha value is -1.36. The first kappa shape index (κ1) is 16.7. The van der Waals surface area contributed by atoms with Gasteiger partial charge in [0.05, 0.1) is 12.2 Å².